The number of nitrogens with zero attached hydrogens (tertiary/aromatic N) is 1. The molecule has 2 nitrogen and oxygen atoms in total. The highest BCUT2D eigenvalue weighted by atomic mass is 16.4. The first-order valence-electron chi connectivity index (χ1n) is 5.70. The van der Waals surface area contributed by atoms with Gasteiger partial charge in [0.05, 0.1) is 5.71 Å². The SMILES string of the molecule is C/C(=N/O)c1cccc2c1Cc1ccccc1-2. The summed E-state index contributed by atoms with van der Waals surface area (Å²) in [5.41, 5.74) is 6.90. The molecule has 17 heavy (non-hydrogen) atoms. The van der Waals surface area contributed by atoms with Gasteiger partial charge in [0, 0.05) is 5.56 Å². The van der Waals surface area contributed by atoms with Crippen LogP contribution in [0.5, 0.6) is 0 Å². The Kier molecular flexibility index (Phi) is 2.22. The fourth-order valence-corrected chi connectivity index (χ4v) is 2.55. The average molecular weight is 223 g/mol. The van der Waals surface area contributed by atoms with Crippen LogP contribution < -0.4 is 0 Å². The Morgan fingerprint density at radius 3 is 2.65 bits per heavy atom. The van der Waals surface area contributed by atoms with Crippen LogP contribution in [0.4, 0.5) is 0 Å². The molecule has 0 amide bonds. The summed E-state index contributed by atoms with van der Waals surface area (Å²) in [5, 5.41) is 12.2. The number of fused-ring (bicyclic) bond motifs is 3. The molecule has 3 rings (SSSR count). The van der Waals surface area contributed by atoms with Gasteiger partial charge in [-0.15, -0.1) is 0 Å². The third-order valence-corrected chi connectivity index (χ3v) is 3.39. The van der Waals surface area contributed by atoms with Crippen molar-refractivity contribution in [1.29, 1.82) is 0 Å². The minimum Gasteiger partial charge on any atom is -0.411 e. The second-order valence-electron chi connectivity index (χ2n) is 4.35. The third-order valence-electron chi connectivity index (χ3n) is 3.39. The topological polar surface area (TPSA) is 32.6 Å². The van der Waals surface area contributed by atoms with Crippen LogP contribution >= 0.6 is 0 Å². The average Bonchev–Trinajstić information content (AvgIpc) is 2.76. The van der Waals surface area contributed by atoms with Gasteiger partial charge in [0.2, 0.25) is 0 Å². The Morgan fingerprint density at radius 2 is 1.82 bits per heavy atom. The summed E-state index contributed by atoms with van der Waals surface area (Å²) in [4.78, 5) is 0. The molecule has 0 radical (unpaired) electrons. The van der Waals surface area contributed by atoms with Crippen LogP contribution in [0.1, 0.15) is 23.6 Å². The highest BCUT2D eigenvalue weighted by Gasteiger charge is 2.21. The molecule has 0 fully saturated rings. The van der Waals surface area contributed by atoms with E-state index in [0.717, 1.165) is 12.0 Å². The fraction of sp³-hybridized carbons (Fsp3) is 0.133. The zero-order chi connectivity index (χ0) is 11.8. The molecule has 84 valence electrons. The Labute approximate surface area is 100 Å². The van der Waals surface area contributed by atoms with E-state index in [2.05, 4.69) is 35.5 Å². The molecule has 2 aromatic carbocycles. The molecule has 1 aliphatic carbocycles. The van der Waals surface area contributed by atoms with Crippen molar-refractivity contribution < 1.29 is 5.21 Å². The highest BCUT2D eigenvalue weighted by Crippen LogP contribution is 2.38. The third kappa shape index (κ3) is 1.45. The molecule has 0 saturated carbocycles. The van der Waals surface area contributed by atoms with Crippen molar-refractivity contribution in [1.82, 2.24) is 0 Å². The van der Waals surface area contributed by atoms with Crippen LogP contribution in [0.15, 0.2) is 47.6 Å². The van der Waals surface area contributed by atoms with E-state index < -0.39 is 0 Å². The summed E-state index contributed by atoms with van der Waals surface area (Å²) >= 11 is 0. The lowest BCUT2D eigenvalue weighted by molar-refractivity contribution is 0.319. The summed E-state index contributed by atoms with van der Waals surface area (Å²) in [6.45, 7) is 1.83. The molecule has 0 bridgehead atoms. The number of rotatable bonds is 1. The van der Waals surface area contributed by atoms with E-state index in [1.54, 1.807) is 0 Å². The first-order chi connectivity index (χ1) is 8.31. The van der Waals surface area contributed by atoms with Crippen molar-refractivity contribution in [2.45, 2.75) is 13.3 Å². The van der Waals surface area contributed by atoms with Crippen LogP contribution in [0.2, 0.25) is 0 Å². The van der Waals surface area contributed by atoms with Gasteiger partial charge in [-0.1, -0.05) is 47.6 Å². The largest absolute Gasteiger partial charge is 0.411 e. The molecule has 0 aliphatic heterocycles. The summed E-state index contributed by atoms with van der Waals surface area (Å²) in [6.07, 6.45) is 0.925. The van der Waals surface area contributed by atoms with Gasteiger partial charge in [0.15, 0.2) is 0 Å². The highest BCUT2D eigenvalue weighted by molar-refractivity contribution is 6.02. The van der Waals surface area contributed by atoms with Crippen LogP contribution in [-0.2, 0) is 6.42 Å². The van der Waals surface area contributed by atoms with Crippen LogP contribution in [-0.4, -0.2) is 10.9 Å². The van der Waals surface area contributed by atoms with E-state index >= 15 is 0 Å². The second-order valence-corrected chi connectivity index (χ2v) is 4.35. The van der Waals surface area contributed by atoms with Gasteiger partial charge in [-0.3, -0.25) is 0 Å². The van der Waals surface area contributed by atoms with Gasteiger partial charge in [-0.05, 0) is 35.6 Å². The van der Waals surface area contributed by atoms with Crippen LogP contribution in [0.25, 0.3) is 11.1 Å². The molecule has 0 saturated heterocycles. The summed E-state index contributed by atoms with van der Waals surface area (Å²) in [7, 11) is 0. The van der Waals surface area contributed by atoms with Gasteiger partial charge in [0.1, 0.15) is 0 Å². The van der Waals surface area contributed by atoms with Gasteiger partial charge < -0.3 is 5.21 Å². The van der Waals surface area contributed by atoms with Crippen molar-refractivity contribution in [3.05, 3.63) is 59.2 Å². The van der Waals surface area contributed by atoms with Crippen molar-refractivity contribution in [2.75, 3.05) is 0 Å². The number of hydrogen-bond acceptors (Lipinski definition) is 2. The molecule has 2 aromatic rings. The lowest BCUT2D eigenvalue weighted by Gasteiger charge is -2.06. The van der Waals surface area contributed by atoms with E-state index in [1.807, 2.05) is 19.1 Å². The van der Waals surface area contributed by atoms with Gasteiger partial charge in [-0.2, -0.15) is 0 Å². The quantitative estimate of drug-likeness (QED) is 0.382. The standard InChI is InChI=1S/C15H13NO/c1-10(16-17)12-7-4-8-14-13-6-3-2-5-11(13)9-15(12)14/h2-8,17H,9H2,1H3/b16-10-. The Hall–Kier alpha value is -2.09. The maximum Gasteiger partial charge on any atom is 0.0840 e. The lowest BCUT2D eigenvalue weighted by Crippen LogP contribution is -1.99. The molecular formula is C15H13NO. The molecule has 0 aromatic heterocycles. The Bertz CT molecular complexity index is 614. The molecule has 0 heterocycles. The molecule has 1 N–H and O–H groups in total. The molecule has 0 unspecified atom stereocenters. The molecule has 0 spiro atoms. The predicted molar refractivity (Wildman–Crippen MR) is 68.7 cm³/mol. The fourth-order valence-electron chi connectivity index (χ4n) is 2.55. The molecule has 2 heteroatoms. The maximum atomic E-state index is 8.92. The number of hydrogen-bond donors (Lipinski definition) is 1. The summed E-state index contributed by atoms with van der Waals surface area (Å²) in [5.74, 6) is 0. The van der Waals surface area contributed by atoms with Crippen molar-refractivity contribution in [2.24, 2.45) is 5.16 Å². The van der Waals surface area contributed by atoms with Crippen molar-refractivity contribution >= 4 is 5.71 Å². The predicted octanol–water partition coefficient (Wildman–Crippen LogP) is 3.46. The van der Waals surface area contributed by atoms with Gasteiger partial charge in [-0.25, -0.2) is 0 Å². The lowest BCUT2D eigenvalue weighted by atomic mass is 9.99. The maximum absolute atomic E-state index is 8.92. The van der Waals surface area contributed by atoms with Crippen molar-refractivity contribution in [3.63, 3.8) is 0 Å². The first-order valence-corrected chi connectivity index (χ1v) is 5.70. The van der Waals surface area contributed by atoms with E-state index in [0.29, 0.717) is 5.71 Å². The molecule has 0 atom stereocenters. The van der Waals surface area contributed by atoms with Crippen LogP contribution in [0, 0.1) is 0 Å². The number of benzene rings is 2. The number of oxime groups is 1. The minimum atomic E-state index is 0.676. The van der Waals surface area contributed by atoms with Crippen molar-refractivity contribution in [3.8, 4) is 11.1 Å². The van der Waals surface area contributed by atoms with E-state index in [1.165, 1.54) is 22.3 Å². The first kappa shape index (κ1) is 10.1. The molecule has 1 aliphatic rings. The summed E-state index contributed by atoms with van der Waals surface area (Å²) < 4.78 is 0. The minimum absolute atomic E-state index is 0.676. The van der Waals surface area contributed by atoms with Gasteiger partial charge >= 0.3 is 0 Å². The Morgan fingerprint density at radius 1 is 1.06 bits per heavy atom. The zero-order valence-electron chi connectivity index (χ0n) is 9.64. The normalized spacial score (nSPS) is 13.4. The van der Waals surface area contributed by atoms with E-state index in [-0.39, 0.29) is 0 Å². The Balaban J connectivity index is 2.24. The second kappa shape index (κ2) is 3.74. The monoisotopic (exact) mass is 223 g/mol. The zero-order valence-corrected chi connectivity index (χ0v) is 9.64. The van der Waals surface area contributed by atoms with E-state index in [9.17, 15) is 0 Å². The smallest absolute Gasteiger partial charge is 0.0840 e. The summed E-state index contributed by atoms with van der Waals surface area (Å²) in [6, 6.07) is 14.6. The van der Waals surface area contributed by atoms with Gasteiger partial charge in [0.25, 0.3) is 0 Å². The van der Waals surface area contributed by atoms with E-state index in [4.69, 9.17) is 5.21 Å². The van der Waals surface area contributed by atoms with Crippen LogP contribution in [0.3, 0.4) is 0 Å². The molecular weight excluding hydrogens is 210 g/mol.